The summed E-state index contributed by atoms with van der Waals surface area (Å²) in [6.07, 6.45) is 1.19. The molecule has 0 aromatic carbocycles. The van der Waals surface area contributed by atoms with Gasteiger partial charge in [-0.15, -0.1) is 24.8 Å². The molecule has 0 aromatic rings. The molecule has 0 spiro atoms. The summed E-state index contributed by atoms with van der Waals surface area (Å²) in [5, 5.41) is 0.756. The number of amidine groups is 1. The van der Waals surface area contributed by atoms with Crippen LogP contribution in [0.2, 0.25) is 0 Å². The van der Waals surface area contributed by atoms with Gasteiger partial charge in [0.2, 0.25) is 0 Å². The second-order valence-corrected chi connectivity index (χ2v) is 2.54. The van der Waals surface area contributed by atoms with Crippen LogP contribution in [0.25, 0.3) is 0 Å². The first kappa shape index (κ1) is 12.1. The Morgan fingerprint density at radius 3 is 2.33 bits per heavy atom. The minimum Gasteiger partial charge on any atom is -0.379 e. The molecule has 2 N–H and O–H groups in total. The number of halogens is 2. The fourth-order valence-electron chi connectivity index (χ4n) is 0.476. The van der Waals surface area contributed by atoms with Gasteiger partial charge < -0.3 is 5.73 Å². The first-order valence-corrected chi connectivity index (χ1v) is 3.31. The second kappa shape index (κ2) is 6.52. The third-order valence-electron chi connectivity index (χ3n) is 0.820. The van der Waals surface area contributed by atoms with Crippen LogP contribution in [0.15, 0.2) is 4.99 Å². The van der Waals surface area contributed by atoms with E-state index in [1.807, 2.05) is 0 Å². The number of hydrogen-bond donors (Lipinski definition) is 1. The maximum atomic E-state index is 5.35. The highest BCUT2D eigenvalue weighted by molar-refractivity contribution is 8.13. The van der Waals surface area contributed by atoms with Crippen LogP contribution in [-0.2, 0) is 0 Å². The Bertz CT molecular complexity index is 96.6. The Labute approximate surface area is 71.5 Å². The van der Waals surface area contributed by atoms with Gasteiger partial charge in [-0.25, -0.2) is 0 Å². The summed E-state index contributed by atoms with van der Waals surface area (Å²) in [5.41, 5.74) is 5.35. The maximum Gasteiger partial charge on any atom is 0.153 e. The molecular weight excluding hydrogens is 179 g/mol. The lowest BCUT2D eigenvalue weighted by Gasteiger charge is -2.04. The van der Waals surface area contributed by atoms with Crippen molar-refractivity contribution in [3.63, 3.8) is 0 Å². The third kappa shape index (κ3) is 4.88. The molecule has 1 aliphatic rings. The third-order valence-corrected chi connectivity index (χ3v) is 1.74. The number of nitrogens with zero attached hydrogens (tertiary/aromatic N) is 1. The van der Waals surface area contributed by atoms with Crippen LogP contribution in [0.5, 0.6) is 0 Å². The van der Waals surface area contributed by atoms with Gasteiger partial charge in [0.1, 0.15) is 0 Å². The quantitative estimate of drug-likeness (QED) is 0.623. The summed E-state index contributed by atoms with van der Waals surface area (Å²) >= 11 is 1.65. The lowest BCUT2D eigenvalue weighted by atomic mass is 10.5. The number of thioether (sulfide) groups is 1. The number of rotatable bonds is 0. The molecule has 1 rings (SSSR count). The Balaban J connectivity index is 0. The van der Waals surface area contributed by atoms with Crippen molar-refractivity contribution in [1.29, 1.82) is 0 Å². The van der Waals surface area contributed by atoms with Gasteiger partial charge in [-0.1, -0.05) is 11.8 Å². The molecule has 0 bridgehead atoms. The van der Waals surface area contributed by atoms with E-state index in [9.17, 15) is 0 Å². The molecule has 0 radical (unpaired) electrons. The van der Waals surface area contributed by atoms with E-state index in [1.165, 1.54) is 6.42 Å². The van der Waals surface area contributed by atoms with Crippen LogP contribution in [-0.4, -0.2) is 17.5 Å². The molecule has 5 heteroatoms. The summed E-state index contributed by atoms with van der Waals surface area (Å²) in [6, 6.07) is 0. The molecule has 0 unspecified atom stereocenters. The maximum absolute atomic E-state index is 5.35. The van der Waals surface area contributed by atoms with E-state index in [0.717, 1.165) is 17.5 Å². The van der Waals surface area contributed by atoms with Gasteiger partial charge in [-0.3, -0.25) is 4.99 Å². The number of nitrogens with two attached hydrogens (primary N) is 1. The highest BCUT2D eigenvalue weighted by Gasteiger charge is 1.97. The van der Waals surface area contributed by atoms with E-state index in [0.29, 0.717) is 0 Å². The topological polar surface area (TPSA) is 38.4 Å². The minimum atomic E-state index is 0. The van der Waals surface area contributed by atoms with Crippen molar-refractivity contribution in [2.24, 2.45) is 10.7 Å². The van der Waals surface area contributed by atoms with Gasteiger partial charge in [0.05, 0.1) is 0 Å². The standard InChI is InChI=1S/C4H8N2S.2ClH/c5-4-6-2-1-3-7-4;;/h1-3H2,(H2,5,6);2*1H. The van der Waals surface area contributed by atoms with Crippen molar-refractivity contribution in [1.82, 2.24) is 0 Å². The lowest BCUT2D eigenvalue weighted by Crippen LogP contribution is -2.12. The highest BCUT2D eigenvalue weighted by Crippen LogP contribution is 2.07. The number of aliphatic imine (C=N–C) groups is 1. The van der Waals surface area contributed by atoms with E-state index in [-0.39, 0.29) is 24.8 Å². The van der Waals surface area contributed by atoms with Crippen LogP contribution in [0.1, 0.15) is 6.42 Å². The molecule has 0 aliphatic carbocycles. The molecule has 1 aliphatic heterocycles. The van der Waals surface area contributed by atoms with Gasteiger partial charge in [0, 0.05) is 12.3 Å². The predicted molar refractivity (Wildman–Crippen MR) is 48.1 cm³/mol. The van der Waals surface area contributed by atoms with E-state index in [2.05, 4.69) is 4.99 Å². The lowest BCUT2D eigenvalue weighted by molar-refractivity contribution is 0.936. The molecule has 0 amide bonds. The van der Waals surface area contributed by atoms with Gasteiger partial charge in [0.25, 0.3) is 0 Å². The molecule has 1 heterocycles. The van der Waals surface area contributed by atoms with E-state index in [4.69, 9.17) is 5.73 Å². The van der Waals surface area contributed by atoms with Crippen molar-refractivity contribution < 1.29 is 0 Å². The second-order valence-electron chi connectivity index (χ2n) is 1.42. The monoisotopic (exact) mass is 188 g/mol. The van der Waals surface area contributed by atoms with Crippen molar-refractivity contribution >= 4 is 41.7 Å². The molecule has 0 aromatic heterocycles. The average molecular weight is 189 g/mol. The molecule has 2 nitrogen and oxygen atoms in total. The zero-order chi connectivity index (χ0) is 5.11. The zero-order valence-electron chi connectivity index (χ0n) is 4.87. The Morgan fingerprint density at radius 2 is 2.11 bits per heavy atom. The summed E-state index contributed by atoms with van der Waals surface area (Å²) in [6.45, 7) is 0.929. The SMILES string of the molecule is Cl.Cl.NC1=NCCCS1. The van der Waals surface area contributed by atoms with Crippen LogP contribution >= 0.6 is 36.6 Å². The van der Waals surface area contributed by atoms with E-state index < -0.39 is 0 Å². The Hall–Kier alpha value is 0.400. The summed E-state index contributed by atoms with van der Waals surface area (Å²) in [5.74, 6) is 1.15. The summed E-state index contributed by atoms with van der Waals surface area (Å²) in [7, 11) is 0. The minimum absolute atomic E-state index is 0. The Kier molecular flexibility index (Phi) is 8.77. The average Bonchev–Trinajstić information content (AvgIpc) is 1.69. The van der Waals surface area contributed by atoms with Crippen molar-refractivity contribution in [2.75, 3.05) is 12.3 Å². The Morgan fingerprint density at radius 1 is 1.44 bits per heavy atom. The van der Waals surface area contributed by atoms with Crippen LogP contribution in [0.3, 0.4) is 0 Å². The first-order chi connectivity index (χ1) is 3.39. The first-order valence-electron chi connectivity index (χ1n) is 2.32. The van der Waals surface area contributed by atoms with Gasteiger partial charge in [-0.2, -0.15) is 0 Å². The molecule has 0 fully saturated rings. The zero-order valence-corrected chi connectivity index (χ0v) is 7.32. The van der Waals surface area contributed by atoms with Crippen LogP contribution in [0.4, 0.5) is 0 Å². The fourth-order valence-corrected chi connectivity index (χ4v) is 1.14. The van der Waals surface area contributed by atoms with Gasteiger partial charge in [-0.05, 0) is 6.42 Å². The highest BCUT2D eigenvalue weighted by atomic mass is 35.5. The van der Waals surface area contributed by atoms with E-state index >= 15 is 0 Å². The predicted octanol–water partition coefficient (Wildman–Crippen LogP) is 1.28. The largest absolute Gasteiger partial charge is 0.379 e. The van der Waals surface area contributed by atoms with Gasteiger partial charge in [0.15, 0.2) is 5.17 Å². The van der Waals surface area contributed by atoms with Crippen LogP contribution in [0, 0.1) is 0 Å². The number of hydrogen-bond acceptors (Lipinski definition) is 3. The molecular formula is C4H10Cl2N2S. The summed E-state index contributed by atoms with van der Waals surface area (Å²) in [4.78, 5) is 3.99. The van der Waals surface area contributed by atoms with Crippen molar-refractivity contribution in [2.45, 2.75) is 6.42 Å². The normalized spacial score (nSPS) is 16.7. The smallest absolute Gasteiger partial charge is 0.153 e. The van der Waals surface area contributed by atoms with Crippen LogP contribution < -0.4 is 5.73 Å². The molecule has 9 heavy (non-hydrogen) atoms. The summed E-state index contributed by atoms with van der Waals surface area (Å²) < 4.78 is 0. The van der Waals surface area contributed by atoms with E-state index in [1.54, 1.807) is 11.8 Å². The molecule has 0 saturated heterocycles. The molecule has 0 atom stereocenters. The molecule has 0 saturated carbocycles. The van der Waals surface area contributed by atoms with Gasteiger partial charge >= 0.3 is 0 Å². The fraction of sp³-hybridized carbons (Fsp3) is 0.750. The molecule has 56 valence electrons. The van der Waals surface area contributed by atoms with Crippen molar-refractivity contribution in [3.8, 4) is 0 Å². The van der Waals surface area contributed by atoms with Crippen molar-refractivity contribution in [3.05, 3.63) is 0 Å².